The Hall–Kier alpha value is -1.65. The highest BCUT2D eigenvalue weighted by Crippen LogP contribution is 2.16. The second-order valence-corrected chi connectivity index (χ2v) is 4.13. The molecule has 0 fully saturated rings. The number of halogens is 2. The van der Waals surface area contributed by atoms with Gasteiger partial charge in [0.15, 0.2) is 5.82 Å². The number of rotatable bonds is 2. The van der Waals surface area contributed by atoms with Crippen molar-refractivity contribution in [3.05, 3.63) is 51.9 Å². The molecule has 1 aromatic carbocycles. The minimum atomic E-state index is 0.137. The number of nitrogens with two attached hydrogens (primary N) is 1. The Morgan fingerprint density at radius 2 is 1.74 bits per heavy atom. The van der Waals surface area contributed by atoms with Gasteiger partial charge in [0.25, 0.3) is 0 Å². The number of aromatic nitrogens is 2. The lowest BCUT2D eigenvalue weighted by Crippen LogP contribution is -2.09. The van der Waals surface area contributed by atoms with E-state index in [-0.39, 0.29) is 16.7 Å². The van der Waals surface area contributed by atoms with Crippen molar-refractivity contribution in [1.82, 2.24) is 9.97 Å². The lowest BCUT2D eigenvalue weighted by atomic mass is 10.1. The van der Waals surface area contributed by atoms with Crippen LogP contribution in [0.2, 0.25) is 10.2 Å². The molecule has 0 aliphatic carbocycles. The van der Waals surface area contributed by atoms with Gasteiger partial charge in [0, 0.05) is 10.6 Å². The van der Waals surface area contributed by atoms with Crippen molar-refractivity contribution < 1.29 is 0 Å². The van der Waals surface area contributed by atoms with Crippen molar-refractivity contribution in [2.24, 2.45) is 0 Å². The van der Waals surface area contributed by atoms with Gasteiger partial charge in [-0.15, -0.1) is 0 Å². The van der Waals surface area contributed by atoms with Gasteiger partial charge in [-0.2, -0.15) is 0 Å². The average Bonchev–Trinajstić information content (AvgIpc) is 2.41. The van der Waals surface area contributed by atoms with Crippen LogP contribution < -0.4 is 5.73 Å². The van der Waals surface area contributed by atoms with Crippen molar-refractivity contribution in [2.75, 3.05) is 5.73 Å². The molecule has 0 aliphatic rings. The maximum absolute atomic E-state index is 7.98. The third-order valence-corrected chi connectivity index (χ3v) is 2.57. The van der Waals surface area contributed by atoms with Crippen LogP contribution in [0.1, 0.15) is 25.1 Å². The van der Waals surface area contributed by atoms with Crippen molar-refractivity contribution in [2.45, 2.75) is 13.8 Å². The molecule has 0 saturated heterocycles. The van der Waals surface area contributed by atoms with Crippen LogP contribution in [0.15, 0.2) is 30.5 Å². The molecule has 3 N–H and O–H groups in total. The molecule has 2 rings (SSSR count). The molecule has 0 bridgehead atoms. The van der Waals surface area contributed by atoms with E-state index >= 15 is 0 Å². The first-order chi connectivity index (χ1) is 9.08. The molecule has 4 nitrogen and oxygen atoms in total. The first-order valence-electron chi connectivity index (χ1n) is 5.71. The molecule has 6 heteroatoms. The molecule has 1 heterocycles. The highest BCUT2D eigenvalue weighted by atomic mass is 35.5. The topological polar surface area (TPSA) is 75.7 Å². The first-order valence-corrected chi connectivity index (χ1v) is 6.46. The van der Waals surface area contributed by atoms with Gasteiger partial charge in [-0.25, -0.2) is 9.97 Å². The average molecular weight is 297 g/mol. The van der Waals surface area contributed by atoms with Crippen molar-refractivity contribution in [3.63, 3.8) is 0 Å². The molecular formula is C13H14Cl2N4. The number of anilines is 1. The van der Waals surface area contributed by atoms with Gasteiger partial charge in [-0.05, 0) is 12.1 Å². The number of nitrogen functional groups attached to an aromatic ring is 1. The summed E-state index contributed by atoms with van der Waals surface area (Å²) < 4.78 is 0. The predicted molar refractivity (Wildman–Crippen MR) is 80.2 cm³/mol. The highest BCUT2D eigenvalue weighted by Gasteiger charge is 2.11. The molecule has 0 unspecified atom stereocenters. The minimum absolute atomic E-state index is 0.137. The van der Waals surface area contributed by atoms with E-state index in [4.69, 9.17) is 34.3 Å². The van der Waals surface area contributed by atoms with Crippen LogP contribution >= 0.6 is 23.2 Å². The Kier molecular flexibility index (Phi) is 5.73. The summed E-state index contributed by atoms with van der Waals surface area (Å²) in [6.45, 7) is 4.00. The third-order valence-electron chi connectivity index (χ3n) is 2.14. The molecule has 0 spiro atoms. The molecule has 1 aromatic heterocycles. The zero-order chi connectivity index (χ0) is 14.4. The number of hydrogen-bond acceptors (Lipinski definition) is 4. The van der Waals surface area contributed by atoms with Gasteiger partial charge in [0.2, 0.25) is 0 Å². The smallest absolute Gasteiger partial charge is 0.153 e. The van der Waals surface area contributed by atoms with Crippen LogP contribution in [0.5, 0.6) is 0 Å². The van der Waals surface area contributed by atoms with E-state index in [2.05, 4.69) is 9.97 Å². The number of nitrogens with zero attached hydrogens (tertiary/aromatic N) is 2. The Morgan fingerprint density at radius 3 is 2.26 bits per heavy atom. The summed E-state index contributed by atoms with van der Waals surface area (Å²) in [6.07, 6.45) is 1.36. The lowest BCUT2D eigenvalue weighted by molar-refractivity contribution is 1.18. The van der Waals surface area contributed by atoms with Crippen LogP contribution in [0, 0.1) is 5.41 Å². The summed E-state index contributed by atoms with van der Waals surface area (Å²) in [4.78, 5) is 7.85. The molecule has 0 saturated carbocycles. The fourth-order valence-corrected chi connectivity index (χ4v) is 1.59. The number of benzene rings is 1. The Bertz CT molecular complexity index is 567. The zero-order valence-electron chi connectivity index (χ0n) is 10.6. The predicted octanol–water partition coefficient (Wildman–Crippen LogP) is 3.81. The Balaban J connectivity index is 0.000000861. The first kappa shape index (κ1) is 15.4. The van der Waals surface area contributed by atoms with E-state index < -0.39 is 0 Å². The number of nitrogens with one attached hydrogen (secondary N) is 1. The standard InChI is InChI=1S/C11H8Cl2N4.C2H6/c12-7-3-1-6(2-4-7)9(14)10-11(15)17-8(13)5-16-10;1-2/h1-5,14H,(H2,15,17);1-2H3. The fourth-order valence-electron chi connectivity index (χ4n) is 1.33. The molecule has 0 atom stereocenters. The van der Waals surface area contributed by atoms with Gasteiger partial charge < -0.3 is 5.73 Å². The van der Waals surface area contributed by atoms with E-state index in [1.807, 2.05) is 13.8 Å². The summed E-state index contributed by atoms with van der Waals surface area (Å²) in [6, 6.07) is 6.84. The summed E-state index contributed by atoms with van der Waals surface area (Å²) >= 11 is 11.4. The molecule has 100 valence electrons. The minimum Gasteiger partial charge on any atom is -0.382 e. The van der Waals surface area contributed by atoms with Crippen molar-refractivity contribution in [1.29, 1.82) is 5.41 Å². The van der Waals surface area contributed by atoms with Crippen LogP contribution in [-0.4, -0.2) is 15.7 Å². The summed E-state index contributed by atoms with van der Waals surface area (Å²) in [7, 11) is 0. The van der Waals surface area contributed by atoms with Gasteiger partial charge in [-0.1, -0.05) is 49.2 Å². The SMILES string of the molecule is CC.N=C(c1ccc(Cl)cc1)c1ncc(Cl)nc1N. The van der Waals surface area contributed by atoms with Gasteiger partial charge in [0.05, 0.1) is 11.9 Å². The van der Waals surface area contributed by atoms with E-state index in [1.54, 1.807) is 24.3 Å². The fraction of sp³-hybridized carbons (Fsp3) is 0.154. The maximum Gasteiger partial charge on any atom is 0.153 e. The van der Waals surface area contributed by atoms with E-state index in [1.165, 1.54) is 6.20 Å². The van der Waals surface area contributed by atoms with Crippen LogP contribution in [-0.2, 0) is 0 Å². The largest absolute Gasteiger partial charge is 0.382 e. The lowest BCUT2D eigenvalue weighted by Gasteiger charge is -2.06. The van der Waals surface area contributed by atoms with Gasteiger partial charge in [-0.3, -0.25) is 5.41 Å². The quantitative estimate of drug-likeness (QED) is 0.828. The molecule has 2 aromatic rings. The van der Waals surface area contributed by atoms with Gasteiger partial charge in [0.1, 0.15) is 10.8 Å². The Labute approximate surface area is 122 Å². The summed E-state index contributed by atoms with van der Waals surface area (Å²) in [5, 5.41) is 8.80. The molecule has 0 amide bonds. The highest BCUT2D eigenvalue weighted by molar-refractivity contribution is 6.30. The Morgan fingerprint density at radius 1 is 1.16 bits per heavy atom. The molecular weight excluding hydrogens is 283 g/mol. The monoisotopic (exact) mass is 296 g/mol. The normalized spacial score (nSPS) is 9.47. The van der Waals surface area contributed by atoms with Crippen LogP contribution in [0.4, 0.5) is 5.82 Å². The molecule has 0 radical (unpaired) electrons. The third kappa shape index (κ3) is 3.91. The summed E-state index contributed by atoms with van der Waals surface area (Å²) in [5.41, 5.74) is 6.82. The van der Waals surface area contributed by atoms with Gasteiger partial charge >= 0.3 is 0 Å². The van der Waals surface area contributed by atoms with Crippen LogP contribution in [0.25, 0.3) is 0 Å². The van der Waals surface area contributed by atoms with E-state index in [0.29, 0.717) is 16.3 Å². The number of hydrogen-bond donors (Lipinski definition) is 2. The molecule has 19 heavy (non-hydrogen) atoms. The zero-order valence-corrected chi connectivity index (χ0v) is 12.1. The maximum atomic E-state index is 7.98. The van der Waals surface area contributed by atoms with E-state index in [9.17, 15) is 0 Å². The van der Waals surface area contributed by atoms with Crippen LogP contribution in [0.3, 0.4) is 0 Å². The van der Waals surface area contributed by atoms with Crippen molar-refractivity contribution >= 4 is 34.7 Å². The molecule has 0 aliphatic heterocycles. The van der Waals surface area contributed by atoms with Crippen molar-refractivity contribution in [3.8, 4) is 0 Å². The summed E-state index contributed by atoms with van der Waals surface area (Å²) in [5.74, 6) is 0.137. The second-order valence-electron chi connectivity index (χ2n) is 3.31. The van der Waals surface area contributed by atoms with E-state index in [0.717, 1.165) is 0 Å². The second kappa shape index (κ2) is 7.07.